The lowest BCUT2D eigenvalue weighted by Gasteiger charge is -2.32. The van der Waals surface area contributed by atoms with Crippen molar-refractivity contribution in [3.8, 4) is 0 Å². The van der Waals surface area contributed by atoms with E-state index in [1.54, 1.807) is 0 Å². The van der Waals surface area contributed by atoms with Crippen LogP contribution in [0.3, 0.4) is 0 Å². The van der Waals surface area contributed by atoms with Gasteiger partial charge in [0.25, 0.3) is 0 Å². The number of hydrogen-bond donors (Lipinski definition) is 2. The molecule has 2 N–H and O–H groups in total. The quantitative estimate of drug-likeness (QED) is 0.0837. The first-order valence-electron chi connectivity index (χ1n) is 19.0. The molecule has 4 fully saturated rings. The number of allylic oxidation sites excluding steroid dienone is 2. The maximum atomic E-state index is 12.4. The summed E-state index contributed by atoms with van der Waals surface area (Å²) in [4.78, 5) is 48.0. The first kappa shape index (κ1) is 39.8. The van der Waals surface area contributed by atoms with Crippen molar-refractivity contribution in [1.29, 1.82) is 0 Å². The second kappa shape index (κ2) is 19.5. The Morgan fingerprint density at radius 2 is 1.00 bits per heavy atom. The molecule has 4 aliphatic carbocycles. The van der Waals surface area contributed by atoms with Crippen molar-refractivity contribution in [2.45, 2.75) is 166 Å². The minimum Gasteiger partial charge on any atom is -0.481 e. The van der Waals surface area contributed by atoms with Gasteiger partial charge < -0.3 is 19.7 Å². The zero-order valence-electron chi connectivity index (χ0n) is 29.9. The summed E-state index contributed by atoms with van der Waals surface area (Å²) in [5.41, 5.74) is -0.839. The molecule has 0 heterocycles. The normalized spacial score (nSPS) is 28.6. The third-order valence-electron chi connectivity index (χ3n) is 12.1. The third-order valence-corrected chi connectivity index (χ3v) is 12.1. The Labute approximate surface area is 289 Å². The van der Waals surface area contributed by atoms with Gasteiger partial charge in [-0.05, 0) is 140 Å². The van der Waals surface area contributed by atoms with Crippen molar-refractivity contribution in [2.75, 3.05) is 0 Å². The van der Waals surface area contributed by atoms with Gasteiger partial charge in [-0.3, -0.25) is 19.2 Å². The first-order valence-corrected chi connectivity index (χ1v) is 19.0. The fourth-order valence-corrected chi connectivity index (χ4v) is 9.20. The number of rotatable bonds is 18. The van der Waals surface area contributed by atoms with Crippen LogP contribution in [0.4, 0.5) is 0 Å². The van der Waals surface area contributed by atoms with E-state index >= 15 is 0 Å². The van der Waals surface area contributed by atoms with Crippen LogP contribution in [0.5, 0.6) is 0 Å². The van der Waals surface area contributed by atoms with Gasteiger partial charge >= 0.3 is 23.9 Å². The molecule has 0 amide bonds. The third kappa shape index (κ3) is 11.8. The molecule has 8 nitrogen and oxygen atoms in total. The zero-order valence-corrected chi connectivity index (χ0v) is 29.9. The summed E-state index contributed by atoms with van der Waals surface area (Å²) in [5.74, 6) is -2.47. The number of aliphatic carboxylic acids is 2. The maximum Gasteiger partial charge on any atom is 0.307 e. The summed E-state index contributed by atoms with van der Waals surface area (Å²) < 4.78 is 11.7. The monoisotopic (exact) mass is 672 g/mol. The second-order valence-corrected chi connectivity index (χ2v) is 15.6. The van der Waals surface area contributed by atoms with E-state index in [-0.39, 0.29) is 36.6 Å². The lowest BCUT2D eigenvalue weighted by Crippen LogP contribution is -2.37. The van der Waals surface area contributed by atoms with Crippen molar-refractivity contribution in [2.24, 2.45) is 35.5 Å². The Morgan fingerprint density at radius 1 is 0.646 bits per heavy atom. The fraction of sp³-hybridized carbons (Fsp3) is 0.800. The van der Waals surface area contributed by atoms with E-state index in [2.05, 4.69) is 13.2 Å². The maximum absolute atomic E-state index is 12.4. The largest absolute Gasteiger partial charge is 0.481 e. The highest BCUT2D eigenvalue weighted by atomic mass is 16.6. The molecular weight excluding hydrogens is 608 g/mol. The van der Waals surface area contributed by atoms with E-state index < -0.39 is 35.0 Å². The van der Waals surface area contributed by atoms with Crippen molar-refractivity contribution in [3.63, 3.8) is 0 Å². The van der Waals surface area contributed by atoms with Crippen molar-refractivity contribution < 1.29 is 38.9 Å². The van der Waals surface area contributed by atoms with Crippen LogP contribution in [0.15, 0.2) is 25.3 Å². The van der Waals surface area contributed by atoms with Crippen molar-refractivity contribution in [1.82, 2.24) is 0 Å². The molecule has 0 saturated heterocycles. The minimum atomic E-state index is -0.849. The van der Waals surface area contributed by atoms with E-state index in [9.17, 15) is 29.4 Å². The second-order valence-electron chi connectivity index (χ2n) is 15.6. The average molecular weight is 673 g/mol. The van der Waals surface area contributed by atoms with Crippen LogP contribution >= 0.6 is 0 Å². The standard InChI is InChI=1S/2C20H32O4/c2*1-3-4-5-11-16-12-8-13-20(16,2)24-18(21)14-17(19(22)23)15-9-6-7-10-15/h2*3,15-17H,1,4-14H2,2H3,(H,22,23)/t16-,17+,20-;16-,17-,20-/m10/s1. The summed E-state index contributed by atoms with van der Waals surface area (Å²) >= 11 is 0. The van der Waals surface area contributed by atoms with Crippen LogP contribution in [0.2, 0.25) is 0 Å². The van der Waals surface area contributed by atoms with Crippen molar-refractivity contribution >= 4 is 23.9 Å². The molecule has 4 aliphatic rings. The first-order chi connectivity index (χ1) is 22.9. The molecular formula is C40H64O8. The lowest BCUT2D eigenvalue weighted by atomic mass is 9.86. The Morgan fingerprint density at radius 3 is 1.31 bits per heavy atom. The van der Waals surface area contributed by atoms with Gasteiger partial charge in [-0.15, -0.1) is 13.2 Å². The number of ether oxygens (including phenoxy) is 2. The van der Waals surface area contributed by atoms with E-state index in [1.165, 1.54) is 0 Å². The Balaban J connectivity index is 0.000000260. The summed E-state index contributed by atoms with van der Waals surface area (Å²) in [6.07, 6.45) is 24.2. The molecule has 0 aromatic carbocycles. The summed E-state index contributed by atoms with van der Waals surface area (Å²) in [7, 11) is 0. The molecule has 0 bridgehead atoms. The molecule has 48 heavy (non-hydrogen) atoms. The average Bonchev–Trinajstić information content (AvgIpc) is 3.85. The van der Waals surface area contributed by atoms with Gasteiger partial charge in [0.2, 0.25) is 0 Å². The van der Waals surface area contributed by atoms with Crippen LogP contribution in [0, 0.1) is 35.5 Å². The van der Waals surface area contributed by atoms with E-state index in [1.807, 2.05) is 26.0 Å². The number of esters is 2. The van der Waals surface area contributed by atoms with Crippen LogP contribution in [0.25, 0.3) is 0 Å². The Hall–Kier alpha value is -2.64. The smallest absolute Gasteiger partial charge is 0.307 e. The SMILES string of the molecule is C=CCCC[C@@H]1CCC[C@@]1(C)OC(=O)C[C@H](C(=O)O)C1CCCC1.C=CCCC[C@H]1CCC[C@]1(C)OC(=O)C[C@H](C(=O)O)C1CCCC1. The van der Waals surface area contributed by atoms with Crippen LogP contribution < -0.4 is 0 Å². The Bertz CT molecular complexity index is 989. The van der Waals surface area contributed by atoms with E-state index in [0.717, 1.165) is 128 Å². The van der Waals surface area contributed by atoms with Gasteiger partial charge in [-0.1, -0.05) is 37.8 Å². The van der Waals surface area contributed by atoms with Gasteiger partial charge in [-0.25, -0.2) is 0 Å². The van der Waals surface area contributed by atoms with Crippen molar-refractivity contribution in [3.05, 3.63) is 25.3 Å². The van der Waals surface area contributed by atoms with Gasteiger partial charge in [0.1, 0.15) is 11.2 Å². The predicted octanol–water partition coefficient (Wildman–Crippen LogP) is 9.45. The molecule has 4 saturated carbocycles. The number of carbonyl (C=O) groups is 4. The Kier molecular flexibility index (Phi) is 16.2. The topological polar surface area (TPSA) is 127 Å². The number of unbranched alkanes of at least 4 members (excludes halogenated alkanes) is 2. The highest BCUT2D eigenvalue weighted by Crippen LogP contribution is 2.44. The van der Waals surface area contributed by atoms with Crippen LogP contribution in [0.1, 0.15) is 155 Å². The molecule has 0 spiro atoms. The van der Waals surface area contributed by atoms with Gasteiger partial charge in [0.15, 0.2) is 0 Å². The summed E-state index contributed by atoms with van der Waals surface area (Å²) in [6, 6.07) is 0. The minimum absolute atomic E-state index is 0.0228. The number of carboxylic acid groups (broad SMARTS) is 2. The number of hydrogen-bond acceptors (Lipinski definition) is 6. The molecule has 0 unspecified atom stereocenters. The molecule has 8 heteroatoms. The molecule has 6 atom stereocenters. The molecule has 0 aliphatic heterocycles. The molecule has 0 aromatic rings. The van der Waals surface area contributed by atoms with Gasteiger partial charge in [0.05, 0.1) is 24.7 Å². The summed E-state index contributed by atoms with van der Waals surface area (Å²) in [6.45, 7) is 11.6. The molecule has 4 rings (SSSR count). The highest BCUT2D eigenvalue weighted by Gasteiger charge is 2.44. The number of carbonyl (C=O) groups excluding carboxylic acids is 2. The van der Waals surface area contributed by atoms with Crippen LogP contribution in [-0.2, 0) is 28.7 Å². The molecule has 0 aromatic heterocycles. The lowest BCUT2D eigenvalue weighted by molar-refractivity contribution is -0.167. The number of carboxylic acids is 2. The molecule has 0 radical (unpaired) electrons. The highest BCUT2D eigenvalue weighted by molar-refractivity contribution is 5.80. The van der Waals surface area contributed by atoms with Crippen LogP contribution in [-0.4, -0.2) is 45.3 Å². The van der Waals surface area contributed by atoms with E-state index in [0.29, 0.717) is 11.8 Å². The zero-order chi connectivity index (χ0) is 35.2. The van der Waals surface area contributed by atoms with E-state index in [4.69, 9.17) is 9.47 Å². The predicted molar refractivity (Wildman–Crippen MR) is 187 cm³/mol. The molecule has 272 valence electrons. The van der Waals surface area contributed by atoms with Gasteiger partial charge in [0, 0.05) is 0 Å². The van der Waals surface area contributed by atoms with Gasteiger partial charge in [-0.2, -0.15) is 0 Å². The fourth-order valence-electron chi connectivity index (χ4n) is 9.20. The summed E-state index contributed by atoms with van der Waals surface area (Å²) in [5, 5.41) is 19.0.